The summed E-state index contributed by atoms with van der Waals surface area (Å²) in [6.07, 6.45) is 5.96. The number of pyridine rings is 1. The van der Waals surface area contributed by atoms with E-state index in [-0.39, 0.29) is 0 Å². The van der Waals surface area contributed by atoms with E-state index in [0.717, 1.165) is 64.8 Å². The molecule has 1 aromatic rings. The van der Waals surface area contributed by atoms with Crippen LogP contribution in [0.5, 0.6) is 0 Å². The van der Waals surface area contributed by atoms with Gasteiger partial charge in [0.1, 0.15) is 5.82 Å². The van der Waals surface area contributed by atoms with Gasteiger partial charge < -0.3 is 25.2 Å². The Morgan fingerprint density at radius 1 is 1.22 bits per heavy atom. The normalized spacial score (nSPS) is 30.0. The molecule has 1 aromatic heterocycles. The number of rotatable bonds is 6. The van der Waals surface area contributed by atoms with Crippen molar-refractivity contribution in [3.63, 3.8) is 0 Å². The molecule has 0 aromatic carbocycles. The van der Waals surface area contributed by atoms with Crippen LogP contribution in [-0.2, 0) is 11.3 Å². The molecule has 2 aliphatic heterocycles. The predicted molar refractivity (Wildman–Crippen MR) is 109 cm³/mol. The van der Waals surface area contributed by atoms with E-state index in [1.54, 1.807) is 0 Å². The van der Waals surface area contributed by atoms with Crippen molar-refractivity contribution in [2.45, 2.75) is 44.8 Å². The highest BCUT2D eigenvalue weighted by Crippen LogP contribution is 2.29. The quantitative estimate of drug-likeness (QED) is 0.788. The van der Waals surface area contributed by atoms with Crippen LogP contribution in [0.25, 0.3) is 0 Å². The maximum atomic E-state index is 5.68. The first-order chi connectivity index (χ1) is 13.3. The fourth-order valence-corrected chi connectivity index (χ4v) is 4.83. The number of ether oxygens (including phenoxy) is 1. The van der Waals surface area contributed by atoms with Crippen molar-refractivity contribution >= 4 is 5.82 Å². The summed E-state index contributed by atoms with van der Waals surface area (Å²) in [4.78, 5) is 9.65. The SMILES string of the molecule is CCN1CCN(c2ccc(CNC3CCCC3C3COCCN3)cn2)CC1. The van der Waals surface area contributed by atoms with Crippen molar-refractivity contribution in [1.29, 1.82) is 0 Å². The minimum absolute atomic E-state index is 0.515. The van der Waals surface area contributed by atoms with Gasteiger partial charge in [-0.1, -0.05) is 19.4 Å². The van der Waals surface area contributed by atoms with Gasteiger partial charge in [-0.25, -0.2) is 4.98 Å². The lowest BCUT2D eigenvalue weighted by Gasteiger charge is -2.34. The number of nitrogens with one attached hydrogen (secondary N) is 2. The van der Waals surface area contributed by atoms with Crippen molar-refractivity contribution in [3.8, 4) is 0 Å². The molecular weight excluding hydrogens is 338 g/mol. The number of nitrogens with zero attached hydrogens (tertiary/aromatic N) is 3. The van der Waals surface area contributed by atoms with Crippen LogP contribution in [0.1, 0.15) is 31.7 Å². The van der Waals surface area contributed by atoms with Gasteiger partial charge in [0.2, 0.25) is 0 Å². The molecule has 3 fully saturated rings. The van der Waals surface area contributed by atoms with Crippen molar-refractivity contribution in [1.82, 2.24) is 20.5 Å². The summed E-state index contributed by atoms with van der Waals surface area (Å²) in [6.45, 7) is 11.5. The first-order valence-corrected chi connectivity index (χ1v) is 10.8. The smallest absolute Gasteiger partial charge is 0.128 e. The highest BCUT2D eigenvalue weighted by atomic mass is 16.5. The minimum Gasteiger partial charge on any atom is -0.379 e. The highest BCUT2D eigenvalue weighted by Gasteiger charge is 2.34. The van der Waals surface area contributed by atoms with Gasteiger partial charge >= 0.3 is 0 Å². The first-order valence-electron chi connectivity index (χ1n) is 10.8. The van der Waals surface area contributed by atoms with Crippen LogP contribution in [-0.4, -0.2) is 74.4 Å². The summed E-state index contributed by atoms with van der Waals surface area (Å²) in [5.74, 6) is 1.81. The third-order valence-corrected chi connectivity index (χ3v) is 6.56. The summed E-state index contributed by atoms with van der Waals surface area (Å²) in [5, 5.41) is 7.46. The molecule has 6 heteroatoms. The third-order valence-electron chi connectivity index (χ3n) is 6.56. The third kappa shape index (κ3) is 4.80. The Morgan fingerprint density at radius 3 is 2.81 bits per heavy atom. The Balaban J connectivity index is 1.27. The van der Waals surface area contributed by atoms with Crippen molar-refractivity contribution in [2.24, 2.45) is 5.92 Å². The number of anilines is 1. The Kier molecular flexibility index (Phi) is 6.60. The van der Waals surface area contributed by atoms with E-state index in [4.69, 9.17) is 9.72 Å². The van der Waals surface area contributed by atoms with Gasteiger partial charge in [0.15, 0.2) is 0 Å². The molecule has 3 atom stereocenters. The monoisotopic (exact) mass is 373 g/mol. The first kappa shape index (κ1) is 19.1. The van der Waals surface area contributed by atoms with E-state index < -0.39 is 0 Å². The van der Waals surface area contributed by atoms with Crippen molar-refractivity contribution in [3.05, 3.63) is 23.9 Å². The minimum atomic E-state index is 0.515. The zero-order valence-corrected chi connectivity index (χ0v) is 16.7. The second kappa shape index (κ2) is 9.32. The van der Waals surface area contributed by atoms with Gasteiger partial charge in [-0.2, -0.15) is 0 Å². The average Bonchev–Trinajstić information content (AvgIpc) is 3.22. The van der Waals surface area contributed by atoms with E-state index >= 15 is 0 Å². The average molecular weight is 374 g/mol. The number of hydrogen-bond donors (Lipinski definition) is 2. The summed E-state index contributed by atoms with van der Waals surface area (Å²) in [7, 11) is 0. The number of morpholine rings is 1. The summed E-state index contributed by atoms with van der Waals surface area (Å²) >= 11 is 0. The Labute approximate surface area is 163 Å². The van der Waals surface area contributed by atoms with Crippen LogP contribution in [0.2, 0.25) is 0 Å². The molecule has 1 aliphatic carbocycles. The number of piperazine rings is 1. The molecule has 0 amide bonds. The molecule has 0 bridgehead atoms. The Morgan fingerprint density at radius 2 is 2.11 bits per heavy atom. The van der Waals surface area contributed by atoms with E-state index in [1.807, 2.05) is 0 Å². The van der Waals surface area contributed by atoms with Crippen LogP contribution in [0.4, 0.5) is 5.82 Å². The van der Waals surface area contributed by atoms with Crippen LogP contribution in [0.15, 0.2) is 18.3 Å². The standard InChI is InChI=1S/C21H35N5O/c1-2-25-9-11-26(12-10-25)21-7-6-17(15-24-21)14-23-19-5-3-4-18(19)20-16-27-13-8-22-20/h6-7,15,18-20,22-23H,2-5,8-14,16H2,1H3. The number of aromatic nitrogens is 1. The lowest BCUT2D eigenvalue weighted by Crippen LogP contribution is -2.50. The van der Waals surface area contributed by atoms with Gasteiger partial charge in [0, 0.05) is 57.5 Å². The Bertz CT molecular complexity index is 566. The molecule has 2 N–H and O–H groups in total. The summed E-state index contributed by atoms with van der Waals surface area (Å²) < 4.78 is 5.68. The largest absolute Gasteiger partial charge is 0.379 e. The van der Waals surface area contributed by atoms with E-state index in [1.165, 1.54) is 24.8 Å². The molecule has 6 nitrogen and oxygen atoms in total. The second-order valence-electron chi connectivity index (χ2n) is 8.16. The van der Waals surface area contributed by atoms with Gasteiger partial charge in [0.05, 0.1) is 13.2 Å². The van der Waals surface area contributed by atoms with Crippen LogP contribution < -0.4 is 15.5 Å². The zero-order valence-electron chi connectivity index (χ0n) is 16.7. The molecule has 0 radical (unpaired) electrons. The summed E-state index contributed by atoms with van der Waals surface area (Å²) in [6, 6.07) is 5.54. The van der Waals surface area contributed by atoms with Crippen molar-refractivity contribution in [2.75, 3.05) is 57.4 Å². The number of likely N-dealkylation sites (N-methyl/N-ethyl adjacent to an activating group) is 1. The zero-order chi connectivity index (χ0) is 18.5. The molecule has 3 heterocycles. The second-order valence-corrected chi connectivity index (χ2v) is 8.16. The van der Waals surface area contributed by atoms with Crippen LogP contribution in [0.3, 0.4) is 0 Å². The van der Waals surface area contributed by atoms with Crippen LogP contribution in [0, 0.1) is 5.92 Å². The molecule has 27 heavy (non-hydrogen) atoms. The molecule has 4 rings (SSSR count). The molecule has 150 valence electrons. The molecule has 0 spiro atoms. The maximum Gasteiger partial charge on any atom is 0.128 e. The molecular formula is C21H35N5O. The highest BCUT2D eigenvalue weighted by molar-refractivity contribution is 5.39. The maximum absolute atomic E-state index is 5.68. The molecule has 1 saturated carbocycles. The van der Waals surface area contributed by atoms with E-state index in [2.05, 4.69) is 45.7 Å². The van der Waals surface area contributed by atoms with Gasteiger partial charge in [0.25, 0.3) is 0 Å². The molecule has 3 aliphatic rings. The van der Waals surface area contributed by atoms with Gasteiger partial charge in [-0.15, -0.1) is 0 Å². The number of hydrogen-bond acceptors (Lipinski definition) is 6. The van der Waals surface area contributed by atoms with Crippen molar-refractivity contribution < 1.29 is 4.74 Å². The lowest BCUT2D eigenvalue weighted by atomic mass is 9.94. The topological polar surface area (TPSA) is 52.7 Å². The predicted octanol–water partition coefficient (Wildman–Crippen LogP) is 1.47. The molecule has 2 saturated heterocycles. The fourth-order valence-electron chi connectivity index (χ4n) is 4.83. The van der Waals surface area contributed by atoms with Gasteiger partial charge in [-0.3, -0.25) is 0 Å². The van der Waals surface area contributed by atoms with E-state index in [0.29, 0.717) is 18.0 Å². The van der Waals surface area contributed by atoms with E-state index in [9.17, 15) is 0 Å². The van der Waals surface area contributed by atoms with Gasteiger partial charge in [-0.05, 0) is 36.9 Å². The summed E-state index contributed by atoms with van der Waals surface area (Å²) in [5.41, 5.74) is 1.28. The lowest BCUT2D eigenvalue weighted by molar-refractivity contribution is 0.0524. The molecule has 3 unspecified atom stereocenters. The Hall–Kier alpha value is -1.21. The fraction of sp³-hybridized carbons (Fsp3) is 0.762. The van der Waals surface area contributed by atoms with Crippen LogP contribution >= 0.6 is 0 Å².